The second-order valence-electron chi connectivity index (χ2n) is 5.94. The van der Waals surface area contributed by atoms with Crippen LogP contribution in [0.5, 0.6) is 0 Å². The maximum atomic E-state index is 6.25. The number of rotatable bonds is 1. The molecule has 3 rings (SSSR count). The average molecular weight is 242 g/mol. The van der Waals surface area contributed by atoms with Crippen LogP contribution in [0.3, 0.4) is 0 Å². The van der Waals surface area contributed by atoms with Crippen LogP contribution < -0.4 is 0 Å². The normalized spacial score (nSPS) is 42.4. The van der Waals surface area contributed by atoms with E-state index in [1.54, 1.807) is 0 Å². The van der Waals surface area contributed by atoms with Gasteiger partial charge in [-0.1, -0.05) is 19.3 Å². The highest BCUT2D eigenvalue weighted by Crippen LogP contribution is 2.47. The van der Waals surface area contributed by atoms with E-state index in [2.05, 4.69) is 0 Å². The van der Waals surface area contributed by atoms with E-state index in [-0.39, 0.29) is 11.7 Å². The Morgan fingerprint density at radius 1 is 1.00 bits per heavy atom. The Morgan fingerprint density at radius 3 is 2.53 bits per heavy atom. The predicted molar refractivity (Wildman–Crippen MR) is 61.2 cm³/mol. The Hall–Kier alpha value is -0.160. The SMILES string of the molecule is CC1(C)O[C@@H]2COOC[C@]2(C2CCCCC2)O1. The molecule has 0 amide bonds. The number of hydrogen-bond donors (Lipinski definition) is 0. The van der Waals surface area contributed by atoms with E-state index < -0.39 is 5.79 Å². The van der Waals surface area contributed by atoms with Gasteiger partial charge in [0.15, 0.2) is 5.79 Å². The Morgan fingerprint density at radius 2 is 1.76 bits per heavy atom. The van der Waals surface area contributed by atoms with Crippen LogP contribution in [-0.4, -0.2) is 30.7 Å². The fourth-order valence-electron chi connectivity index (χ4n) is 3.59. The molecule has 1 saturated carbocycles. The standard InChI is InChI=1S/C13H22O4/c1-12(2)16-11-8-14-15-9-13(11,17-12)10-6-4-3-5-7-10/h10-11H,3-9H2,1-2H3/t11-,13-/m1/s1. The summed E-state index contributed by atoms with van der Waals surface area (Å²) in [5.74, 6) is 0.0334. The second-order valence-corrected chi connectivity index (χ2v) is 5.94. The van der Waals surface area contributed by atoms with Gasteiger partial charge in [0.25, 0.3) is 0 Å². The lowest BCUT2D eigenvalue weighted by atomic mass is 9.74. The Kier molecular flexibility index (Phi) is 2.94. The van der Waals surface area contributed by atoms with Gasteiger partial charge in [0, 0.05) is 0 Å². The largest absolute Gasteiger partial charge is 0.342 e. The zero-order chi connectivity index (χ0) is 11.9. The van der Waals surface area contributed by atoms with Gasteiger partial charge in [-0.3, -0.25) is 0 Å². The van der Waals surface area contributed by atoms with Crippen LogP contribution in [0.25, 0.3) is 0 Å². The van der Waals surface area contributed by atoms with Crippen molar-refractivity contribution in [2.24, 2.45) is 5.92 Å². The summed E-state index contributed by atoms with van der Waals surface area (Å²) in [5, 5.41) is 0. The molecule has 98 valence electrons. The van der Waals surface area contributed by atoms with E-state index in [0.717, 1.165) is 0 Å². The van der Waals surface area contributed by atoms with E-state index >= 15 is 0 Å². The first-order chi connectivity index (χ1) is 8.12. The molecule has 0 bridgehead atoms. The van der Waals surface area contributed by atoms with E-state index in [0.29, 0.717) is 19.1 Å². The highest BCUT2D eigenvalue weighted by atomic mass is 17.2. The van der Waals surface area contributed by atoms with Crippen molar-refractivity contribution in [1.82, 2.24) is 0 Å². The molecule has 3 fully saturated rings. The van der Waals surface area contributed by atoms with Crippen molar-refractivity contribution >= 4 is 0 Å². The minimum Gasteiger partial charge on any atom is -0.342 e. The van der Waals surface area contributed by atoms with Crippen LogP contribution in [-0.2, 0) is 19.2 Å². The van der Waals surface area contributed by atoms with Crippen molar-refractivity contribution in [3.8, 4) is 0 Å². The summed E-state index contributed by atoms with van der Waals surface area (Å²) in [6.07, 6.45) is 6.40. The first-order valence-electron chi connectivity index (χ1n) is 6.75. The van der Waals surface area contributed by atoms with Crippen molar-refractivity contribution < 1.29 is 19.2 Å². The van der Waals surface area contributed by atoms with Gasteiger partial charge in [-0.2, -0.15) is 0 Å². The Balaban J connectivity index is 1.85. The van der Waals surface area contributed by atoms with Crippen LogP contribution in [0.4, 0.5) is 0 Å². The molecule has 0 aromatic rings. The molecule has 2 atom stereocenters. The summed E-state index contributed by atoms with van der Waals surface area (Å²) in [4.78, 5) is 10.3. The third kappa shape index (κ3) is 2.01. The van der Waals surface area contributed by atoms with Gasteiger partial charge >= 0.3 is 0 Å². The number of hydrogen-bond acceptors (Lipinski definition) is 4. The summed E-state index contributed by atoms with van der Waals surface area (Å²) < 4.78 is 12.2. The van der Waals surface area contributed by atoms with Gasteiger partial charge in [0.2, 0.25) is 0 Å². The molecular formula is C13H22O4. The molecule has 0 aromatic heterocycles. The Bertz CT molecular complexity index is 285. The van der Waals surface area contributed by atoms with Crippen molar-refractivity contribution in [1.29, 1.82) is 0 Å². The highest BCUT2D eigenvalue weighted by Gasteiger charge is 2.59. The zero-order valence-electron chi connectivity index (χ0n) is 10.7. The number of fused-ring (bicyclic) bond motifs is 1. The molecule has 2 aliphatic heterocycles. The second kappa shape index (κ2) is 4.19. The lowest BCUT2D eigenvalue weighted by molar-refractivity contribution is -0.364. The summed E-state index contributed by atoms with van der Waals surface area (Å²) in [6.45, 7) is 4.96. The van der Waals surface area contributed by atoms with Crippen molar-refractivity contribution in [2.75, 3.05) is 13.2 Å². The van der Waals surface area contributed by atoms with Gasteiger partial charge in [-0.15, -0.1) is 0 Å². The molecule has 3 aliphatic rings. The minimum absolute atomic E-state index is 0.0225. The highest BCUT2D eigenvalue weighted by molar-refractivity contribution is 5.02. The third-order valence-corrected chi connectivity index (χ3v) is 4.29. The van der Waals surface area contributed by atoms with Gasteiger partial charge < -0.3 is 9.47 Å². The first kappa shape index (κ1) is 11.9. The summed E-state index contributed by atoms with van der Waals surface area (Å²) in [6, 6.07) is 0. The molecule has 0 unspecified atom stereocenters. The van der Waals surface area contributed by atoms with Gasteiger partial charge in [-0.05, 0) is 32.6 Å². The molecule has 4 heteroatoms. The van der Waals surface area contributed by atoms with E-state index in [1.807, 2.05) is 13.8 Å². The lowest BCUT2D eigenvalue weighted by Gasteiger charge is -2.43. The molecule has 2 saturated heterocycles. The van der Waals surface area contributed by atoms with Crippen molar-refractivity contribution in [3.05, 3.63) is 0 Å². The zero-order valence-corrected chi connectivity index (χ0v) is 10.7. The minimum atomic E-state index is -0.515. The van der Waals surface area contributed by atoms with Crippen LogP contribution >= 0.6 is 0 Å². The number of ether oxygens (including phenoxy) is 2. The van der Waals surface area contributed by atoms with E-state index in [1.165, 1.54) is 32.1 Å². The maximum Gasteiger partial charge on any atom is 0.164 e. The monoisotopic (exact) mass is 242 g/mol. The van der Waals surface area contributed by atoms with Crippen molar-refractivity contribution in [3.63, 3.8) is 0 Å². The molecule has 0 spiro atoms. The van der Waals surface area contributed by atoms with Crippen LogP contribution in [0.15, 0.2) is 0 Å². The average Bonchev–Trinajstić information content (AvgIpc) is 2.61. The van der Waals surface area contributed by atoms with Crippen molar-refractivity contribution in [2.45, 2.75) is 63.4 Å². The third-order valence-electron chi connectivity index (χ3n) is 4.29. The molecule has 1 aliphatic carbocycles. The van der Waals surface area contributed by atoms with Gasteiger partial charge in [0.1, 0.15) is 24.9 Å². The Labute approximate surface area is 102 Å². The lowest BCUT2D eigenvalue weighted by Crippen LogP contribution is -2.56. The summed E-state index contributed by atoms with van der Waals surface area (Å²) >= 11 is 0. The van der Waals surface area contributed by atoms with Crippen LogP contribution in [0.2, 0.25) is 0 Å². The van der Waals surface area contributed by atoms with Gasteiger partial charge in [0.05, 0.1) is 0 Å². The predicted octanol–water partition coefficient (Wildman–Crippen LogP) is 2.42. The molecule has 17 heavy (non-hydrogen) atoms. The quantitative estimate of drug-likeness (QED) is 0.662. The molecular weight excluding hydrogens is 220 g/mol. The molecule has 0 aromatic carbocycles. The van der Waals surface area contributed by atoms with E-state index in [9.17, 15) is 0 Å². The first-order valence-corrected chi connectivity index (χ1v) is 6.75. The molecule has 0 radical (unpaired) electrons. The molecule has 2 heterocycles. The summed E-state index contributed by atoms with van der Waals surface area (Å²) in [7, 11) is 0. The van der Waals surface area contributed by atoms with Gasteiger partial charge in [-0.25, -0.2) is 9.78 Å². The van der Waals surface area contributed by atoms with E-state index in [4.69, 9.17) is 19.2 Å². The topological polar surface area (TPSA) is 36.9 Å². The molecule has 0 N–H and O–H groups in total. The van der Waals surface area contributed by atoms with Crippen LogP contribution in [0, 0.1) is 5.92 Å². The summed E-state index contributed by atoms with van der Waals surface area (Å²) in [5.41, 5.74) is -0.276. The van der Waals surface area contributed by atoms with Crippen LogP contribution in [0.1, 0.15) is 46.0 Å². The fraction of sp³-hybridized carbons (Fsp3) is 1.00. The maximum absolute atomic E-state index is 6.25. The fourth-order valence-corrected chi connectivity index (χ4v) is 3.59. The molecule has 4 nitrogen and oxygen atoms in total. The smallest absolute Gasteiger partial charge is 0.164 e.